The second-order valence-corrected chi connectivity index (χ2v) is 6.06. The third-order valence-corrected chi connectivity index (χ3v) is 4.20. The maximum Gasteiger partial charge on any atom is 0.185 e. The van der Waals surface area contributed by atoms with Crippen LogP contribution in [0.15, 0.2) is 36.4 Å². The van der Waals surface area contributed by atoms with Crippen molar-refractivity contribution in [1.82, 2.24) is 0 Å². The van der Waals surface area contributed by atoms with Gasteiger partial charge in [-0.2, -0.15) is 0 Å². The molecule has 1 heterocycles. The van der Waals surface area contributed by atoms with Crippen molar-refractivity contribution < 1.29 is 23.7 Å². The molecule has 0 radical (unpaired) electrons. The zero-order valence-electron chi connectivity index (χ0n) is 14.6. The second kappa shape index (κ2) is 8.15. The van der Waals surface area contributed by atoms with Crippen molar-refractivity contribution in [3.63, 3.8) is 0 Å². The standard InChI is InChI=1S/C20H19ClO5/c1-23-17-7-5-14(12-18(17)24-2)16(22)6-4-13-10-15(21)20-19(11-13)25-8-3-9-26-20/h4-7,10-12H,3,8-9H2,1-2H3/b6-4+. The molecule has 1 aliphatic rings. The van der Waals surface area contributed by atoms with Crippen LogP contribution >= 0.6 is 11.6 Å². The number of methoxy groups -OCH3 is 2. The molecule has 0 saturated carbocycles. The Labute approximate surface area is 157 Å². The van der Waals surface area contributed by atoms with E-state index in [9.17, 15) is 4.79 Å². The minimum Gasteiger partial charge on any atom is -0.493 e. The molecule has 0 aliphatic carbocycles. The monoisotopic (exact) mass is 374 g/mol. The number of fused-ring (bicyclic) bond motifs is 1. The van der Waals surface area contributed by atoms with E-state index in [0.717, 1.165) is 12.0 Å². The summed E-state index contributed by atoms with van der Waals surface area (Å²) in [5, 5.41) is 0.461. The van der Waals surface area contributed by atoms with Gasteiger partial charge in [0.15, 0.2) is 28.8 Å². The highest BCUT2D eigenvalue weighted by molar-refractivity contribution is 6.32. The van der Waals surface area contributed by atoms with Crippen LogP contribution < -0.4 is 18.9 Å². The summed E-state index contributed by atoms with van der Waals surface area (Å²) in [5.74, 6) is 2.06. The molecule has 1 aliphatic heterocycles. The molecule has 5 nitrogen and oxygen atoms in total. The van der Waals surface area contributed by atoms with Gasteiger partial charge in [-0.3, -0.25) is 4.79 Å². The van der Waals surface area contributed by atoms with Crippen LogP contribution in [0.2, 0.25) is 5.02 Å². The Morgan fingerprint density at radius 2 is 1.85 bits per heavy atom. The lowest BCUT2D eigenvalue weighted by Gasteiger charge is -2.10. The molecule has 3 rings (SSSR count). The molecule has 0 bridgehead atoms. The van der Waals surface area contributed by atoms with Crippen molar-refractivity contribution in [3.05, 3.63) is 52.6 Å². The molecule has 6 heteroatoms. The zero-order valence-corrected chi connectivity index (χ0v) is 15.3. The van der Waals surface area contributed by atoms with E-state index in [0.29, 0.717) is 46.8 Å². The first-order valence-electron chi connectivity index (χ1n) is 8.16. The molecule has 0 aromatic heterocycles. The number of rotatable bonds is 5. The minimum absolute atomic E-state index is 0.158. The van der Waals surface area contributed by atoms with E-state index in [1.807, 2.05) is 6.07 Å². The zero-order chi connectivity index (χ0) is 18.5. The van der Waals surface area contributed by atoms with Crippen molar-refractivity contribution >= 4 is 23.5 Å². The summed E-state index contributed by atoms with van der Waals surface area (Å²) in [5.41, 5.74) is 1.26. The van der Waals surface area contributed by atoms with E-state index >= 15 is 0 Å². The minimum atomic E-state index is -0.158. The maximum absolute atomic E-state index is 12.4. The number of ketones is 1. The van der Waals surface area contributed by atoms with Gasteiger partial charge in [-0.15, -0.1) is 0 Å². The maximum atomic E-state index is 12.4. The van der Waals surface area contributed by atoms with Gasteiger partial charge in [0, 0.05) is 12.0 Å². The number of ether oxygens (including phenoxy) is 4. The molecule has 2 aromatic rings. The van der Waals surface area contributed by atoms with Gasteiger partial charge in [0.05, 0.1) is 32.5 Å². The van der Waals surface area contributed by atoms with E-state index in [-0.39, 0.29) is 5.78 Å². The number of allylic oxidation sites excluding steroid dienone is 1. The fraction of sp³-hybridized carbons (Fsp3) is 0.250. The molecule has 2 aromatic carbocycles. The van der Waals surface area contributed by atoms with Crippen LogP contribution in [0.3, 0.4) is 0 Å². The summed E-state index contributed by atoms with van der Waals surface area (Å²) < 4.78 is 21.7. The lowest BCUT2D eigenvalue weighted by Crippen LogP contribution is -1.97. The highest BCUT2D eigenvalue weighted by Gasteiger charge is 2.15. The van der Waals surface area contributed by atoms with Crippen LogP contribution in [-0.2, 0) is 0 Å². The van der Waals surface area contributed by atoms with Crippen LogP contribution in [-0.4, -0.2) is 33.2 Å². The number of benzene rings is 2. The Bertz CT molecular complexity index is 844. The van der Waals surface area contributed by atoms with Gasteiger partial charge >= 0.3 is 0 Å². The number of hydrogen-bond donors (Lipinski definition) is 0. The first-order chi connectivity index (χ1) is 12.6. The Morgan fingerprint density at radius 3 is 2.62 bits per heavy atom. The van der Waals surface area contributed by atoms with E-state index in [1.54, 1.807) is 37.5 Å². The number of halogens is 1. The van der Waals surface area contributed by atoms with E-state index in [1.165, 1.54) is 13.2 Å². The summed E-state index contributed by atoms with van der Waals surface area (Å²) in [6.07, 6.45) is 3.98. The normalized spacial score (nSPS) is 13.3. The molecule has 0 spiro atoms. The molecule has 136 valence electrons. The van der Waals surface area contributed by atoms with Crippen LogP contribution in [0.1, 0.15) is 22.3 Å². The van der Waals surface area contributed by atoms with Crippen LogP contribution in [0, 0.1) is 0 Å². The third-order valence-electron chi connectivity index (χ3n) is 3.92. The Morgan fingerprint density at radius 1 is 1.08 bits per heavy atom. The SMILES string of the molecule is COc1ccc(C(=O)/C=C/c2cc(Cl)c3c(c2)OCCCO3)cc1OC. The molecular weight excluding hydrogens is 356 g/mol. The lowest BCUT2D eigenvalue weighted by atomic mass is 10.1. The molecule has 0 amide bonds. The Hall–Kier alpha value is -2.66. The van der Waals surface area contributed by atoms with E-state index in [4.69, 9.17) is 30.5 Å². The van der Waals surface area contributed by atoms with Crippen molar-refractivity contribution in [2.75, 3.05) is 27.4 Å². The summed E-state index contributed by atoms with van der Waals surface area (Å²) in [7, 11) is 3.08. The highest BCUT2D eigenvalue weighted by atomic mass is 35.5. The molecule has 0 N–H and O–H groups in total. The average molecular weight is 375 g/mol. The van der Waals surface area contributed by atoms with Crippen LogP contribution in [0.25, 0.3) is 6.08 Å². The van der Waals surface area contributed by atoms with Crippen molar-refractivity contribution in [3.8, 4) is 23.0 Å². The molecule has 0 unspecified atom stereocenters. The average Bonchev–Trinajstić information content (AvgIpc) is 2.91. The molecule has 0 saturated heterocycles. The van der Waals surface area contributed by atoms with Crippen molar-refractivity contribution in [1.29, 1.82) is 0 Å². The van der Waals surface area contributed by atoms with Crippen LogP contribution in [0.4, 0.5) is 0 Å². The second-order valence-electron chi connectivity index (χ2n) is 5.65. The van der Waals surface area contributed by atoms with Crippen molar-refractivity contribution in [2.45, 2.75) is 6.42 Å². The Balaban J connectivity index is 1.82. The fourth-order valence-corrected chi connectivity index (χ4v) is 2.88. The molecule has 0 atom stereocenters. The predicted molar refractivity (Wildman–Crippen MR) is 100.0 cm³/mol. The summed E-state index contributed by atoms with van der Waals surface area (Å²) >= 11 is 6.27. The quantitative estimate of drug-likeness (QED) is 0.573. The van der Waals surface area contributed by atoms with Gasteiger partial charge in [-0.25, -0.2) is 0 Å². The number of carbonyl (C=O) groups excluding carboxylic acids is 1. The topological polar surface area (TPSA) is 54.0 Å². The van der Waals surface area contributed by atoms with Crippen molar-refractivity contribution in [2.24, 2.45) is 0 Å². The van der Waals surface area contributed by atoms with Gasteiger partial charge in [-0.1, -0.05) is 17.7 Å². The van der Waals surface area contributed by atoms with Crippen LogP contribution in [0.5, 0.6) is 23.0 Å². The summed E-state index contributed by atoms with van der Waals surface area (Å²) in [6.45, 7) is 1.14. The molecule has 26 heavy (non-hydrogen) atoms. The summed E-state index contributed by atoms with van der Waals surface area (Å²) in [6, 6.07) is 8.59. The third kappa shape index (κ3) is 3.94. The Kier molecular flexibility index (Phi) is 5.68. The molecule has 0 fully saturated rings. The van der Waals surface area contributed by atoms with E-state index < -0.39 is 0 Å². The summed E-state index contributed by atoms with van der Waals surface area (Å²) in [4.78, 5) is 12.4. The van der Waals surface area contributed by atoms with Gasteiger partial charge in [0.25, 0.3) is 0 Å². The smallest absolute Gasteiger partial charge is 0.185 e. The largest absolute Gasteiger partial charge is 0.493 e. The van der Waals surface area contributed by atoms with Gasteiger partial charge in [-0.05, 0) is 42.0 Å². The fourth-order valence-electron chi connectivity index (χ4n) is 2.60. The number of carbonyl (C=O) groups is 1. The predicted octanol–water partition coefficient (Wildman–Crippen LogP) is 4.41. The van der Waals surface area contributed by atoms with Gasteiger partial charge in [0.1, 0.15) is 0 Å². The number of hydrogen-bond acceptors (Lipinski definition) is 5. The molecular formula is C20H19ClO5. The van der Waals surface area contributed by atoms with Gasteiger partial charge in [0.2, 0.25) is 0 Å². The van der Waals surface area contributed by atoms with E-state index in [2.05, 4.69) is 0 Å². The van der Waals surface area contributed by atoms with Gasteiger partial charge < -0.3 is 18.9 Å². The lowest BCUT2D eigenvalue weighted by molar-refractivity contribution is 0.104. The first kappa shape index (κ1) is 18.1. The highest BCUT2D eigenvalue weighted by Crippen LogP contribution is 2.38. The first-order valence-corrected chi connectivity index (χ1v) is 8.53.